The Kier molecular flexibility index (Phi) is 2.51. The molecule has 0 aromatic heterocycles. The van der Waals surface area contributed by atoms with Gasteiger partial charge in [0.25, 0.3) is 0 Å². The first-order valence-electron chi connectivity index (χ1n) is 7.26. The number of hydrogen-bond donors (Lipinski definition) is 1. The minimum atomic E-state index is -4.27. The summed E-state index contributed by atoms with van der Waals surface area (Å²) in [7, 11) is 0. The van der Waals surface area contributed by atoms with Gasteiger partial charge in [-0.2, -0.15) is 13.2 Å². The first kappa shape index (κ1) is 12.4. The molecule has 0 spiro atoms. The summed E-state index contributed by atoms with van der Waals surface area (Å²) in [4.78, 5) is 2.33. The summed E-state index contributed by atoms with van der Waals surface area (Å²) in [5, 5.41) is 3.22. The molecule has 2 fully saturated rings. The maximum Gasteiger partial charge on any atom is 0.416 e. The van der Waals surface area contributed by atoms with Gasteiger partial charge in [0.2, 0.25) is 0 Å². The monoisotopic (exact) mass is 282 g/mol. The summed E-state index contributed by atoms with van der Waals surface area (Å²) in [6.07, 6.45) is -0.425. The summed E-state index contributed by atoms with van der Waals surface area (Å²) < 4.78 is 38.3. The molecule has 20 heavy (non-hydrogen) atoms. The molecule has 1 aromatic rings. The largest absolute Gasteiger partial charge is 0.416 e. The maximum atomic E-state index is 12.8. The van der Waals surface area contributed by atoms with Crippen LogP contribution in [0.4, 0.5) is 24.5 Å². The molecule has 1 aliphatic carbocycles. The topological polar surface area (TPSA) is 15.3 Å². The Bertz CT molecular complexity index is 540. The lowest BCUT2D eigenvalue weighted by molar-refractivity contribution is -0.137. The highest BCUT2D eigenvalue weighted by Crippen LogP contribution is 2.48. The number of benzene rings is 1. The van der Waals surface area contributed by atoms with Crippen molar-refractivity contribution < 1.29 is 13.2 Å². The highest BCUT2D eigenvalue weighted by Gasteiger charge is 2.46. The lowest BCUT2D eigenvalue weighted by Crippen LogP contribution is -2.42. The number of nitrogens with one attached hydrogen (secondary N) is 1. The highest BCUT2D eigenvalue weighted by atomic mass is 19.4. The van der Waals surface area contributed by atoms with Crippen LogP contribution in [0.3, 0.4) is 0 Å². The number of nitrogens with zero attached hydrogens (tertiary/aromatic N) is 1. The fourth-order valence-corrected chi connectivity index (χ4v) is 4.28. The van der Waals surface area contributed by atoms with Gasteiger partial charge in [-0.1, -0.05) is 6.42 Å². The van der Waals surface area contributed by atoms with E-state index in [0.717, 1.165) is 30.6 Å². The SMILES string of the molecule is FC(F)(F)c1ccc2c(c1)NCC1C3CCCC3CN21. The van der Waals surface area contributed by atoms with Gasteiger partial charge in [0, 0.05) is 19.1 Å². The zero-order valence-corrected chi connectivity index (χ0v) is 11.1. The second-order valence-corrected chi connectivity index (χ2v) is 6.19. The Labute approximate surface area is 116 Å². The molecule has 1 saturated heterocycles. The van der Waals surface area contributed by atoms with E-state index in [2.05, 4.69) is 10.2 Å². The van der Waals surface area contributed by atoms with E-state index in [9.17, 15) is 13.2 Å². The van der Waals surface area contributed by atoms with Crippen LogP contribution in [0.25, 0.3) is 0 Å². The van der Waals surface area contributed by atoms with Gasteiger partial charge in [0.05, 0.1) is 16.9 Å². The number of fused-ring (bicyclic) bond motifs is 5. The molecule has 3 unspecified atom stereocenters. The van der Waals surface area contributed by atoms with Crippen molar-refractivity contribution in [3.63, 3.8) is 0 Å². The van der Waals surface area contributed by atoms with E-state index in [-0.39, 0.29) is 0 Å². The van der Waals surface area contributed by atoms with Crippen molar-refractivity contribution in [3.05, 3.63) is 23.8 Å². The Balaban J connectivity index is 1.69. The van der Waals surface area contributed by atoms with E-state index >= 15 is 0 Å². The van der Waals surface area contributed by atoms with E-state index < -0.39 is 11.7 Å². The van der Waals surface area contributed by atoms with E-state index in [1.807, 2.05) is 0 Å². The van der Waals surface area contributed by atoms with Crippen LogP contribution in [0, 0.1) is 11.8 Å². The normalized spacial score (nSPS) is 31.6. The molecule has 0 radical (unpaired) electrons. The number of alkyl halides is 3. The van der Waals surface area contributed by atoms with Gasteiger partial charge >= 0.3 is 6.18 Å². The molecule has 3 atom stereocenters. The standard InChI is InChI=1S/C15H17F3N2/c16-15(17,18)10-4-5-13-12(6-10)19-7-14-11-3-1-2-9(11)8-20(13)14/h4-6,9,11,14,19H,1-3,7-8H2. The molecule has 2 nitrogen and oxygen atoms in total. The van der Waals surface area contributed by atoms with E-state index in [4.69, 9.17) is 0 Å². The van der Waals surface area contributed by atoms with Crippen LogP contribution in [0.15, 0.2) is 18.2 Å². The third kappa shape index (κ3) is 1.71. The third-order valence-electron chi connectivity index (χ3n) is 5.18. The van der Waals surface area contributed by atoms with Crippen molar-refractivity contribution in [2.45, 2.75) is 31.5 Å². The van der Waals surface area contributed by atoms with Crippen molar-refractivity contribution in [1.29, 1.82) is 0 Å². The van der Waals surface area contributed by atoms with Crippen LogP contribution in [0.2, 0.25) is 0 Å². The minimum Gasteiger partial charge on any atom is -0.381 e. The number of anilines is 2. The predicted octanol–water partition coefficient (Wildman–Crippen LogP) is 3.74. The van der Waals surface area contributed by atoms with Crippen molar-refractivity contribution >= 4 is 11.4 Å². The second kappa shape index (κ2) is 4.06. The summed E-state index contributed by atoms with van der Waals surface area (Å²) in [5.41, 5.74) is 1.02. The first-order valence-corrected chi connectivity index (χ1v) is 7.26. The summed E-state index contributed by atoms with van der Waals surface area (Å²) in [6, 6.07) is 4.56. The van der Waals surface area contributed by atoms with Gasteiger partial charge in [0.15, 0.2) is 0 Å². The maximum absolute atomic E-state index is 12.8. The number of halogens is 3. The van der Waals surface area contributed by atoms with Crippen LogP contribution >= 0.6 is 0 Å². The van der Waals surface area contributed by atoms with Gasteiger partial charge in [-0.3, -0.25) is 0 Å². The molecule has 108 valence electrons. The zero-order chi connectivity index (χ0) is 13.9. The lowest BCUT2D eigenvalue weighted by atomic mass is 9.93. The van der Waals surface area contributed by atoms with Crippen molar-refractivity contribution in [3.8, 4) is 0 Å². The summed E-state index contributed by atoms with van der Waals surface area (Å²) in [5.74, 6) is 1.45. The fourth-order valence-electron chi connectivity index (χ4n) is 4.28. The zero-order valence-electron chi connectivity index (χ0n) is 11.1. The van der Waals surface area contributed by atoms with Crippen molar-refractivity contribution in [1.82, 2.24) is 0 Å². The molecule has 0 bridgehead atoms. The fraction of sp³-hybridized carbons (Fsp3) is 0.600. The molecule has 4 rings (SSSR count). The van der Waals surface area contributed by atoms with Gasteiger partial charge in [-0.15, -0.1) is 0 Å². The molecule has 1 aromatic carbocycles. The van der Waals surface area contributed by atoms with Crippen LogP contribution in [-0.4, -0.2) is 19.1 Å². The Morgan fingerprint density at radius 2 is 2.05 bits per heavy atom. The van der Waals surface area contributed by atoms with Gasteiger partial charge in [-0.05, 0) is 42.9 Å². The number of rotatable bonds is 0. The van der Waals surface area contributed by atoms with E-state index in [0.29, 0.717) is 11.7 Å². The lowest BCUT2D eigenvalue weighted by Gasteiger charge is -2.37. The minimum absolute atomic E-state index is 0.465. The number of hydrogen-bond acceptors (Lipinski definition) is 2. The van der Waals surface area contributed by atoms with Crippen LogP contribution < -0.4 is 10.2 Å². The molecule has 5 heteroatoms. The molecular weight excluding hydrogens is 265 g/mol. The van der Waals surface area contributed by atoms with Crippen LogP contribution in [0.5, 0.6) is 0 Å². The average molecular weight is 282 g/mol. The Hall–Kier alpha value is -1.39. The van der Waals surface area contributed by atoms with Gasteiger partial charge < -0.3 is 10.2 Å². The molecule has 0 amide bonds. The molecule has 3 aliphatic rings. The first-order chi connectivity index (χ1) is 9.54. The van der Waals surface area contributed by atoms with Crippen LogP contribution in [0.1, 0.15) is 24.8 Å². The van der Waals surface area contributed by atoms with Crippen molar-refractivity contribution in [2.75, 3.05) is 23.3 Å². The van der Waals surface area contributed by atoms with Gasteiger partial charge in [-0.25, -0.2) is 0 Å². The Morgan fingerprint density at radius 3 is 2.85 bits per heavy atom. The molecular formula is C15H17F3N2. The van der Waals surface area contributed by atoms with Gasteiger partial charge in [0.1, 0.15) is 0 Å². The van der Waals surface area contributed by atoms with Crippen LogP contribution in [-0.2, 0) is 6.18 Å². The molecule has 1 saturated carbocycles. The molecule has 2 heterocycles. The average Bonchev–Trinajstić information content (AvgIpc) is 2.97. The predicted molar refractivity (Wildman–Crippen MR) is 71.9 cm³/mol. The smallest absolute Gasteiger partial charge is 0.381 e. The summed E-state index contributed by atoms with van der Waals surface area (Å²) >= 11 is 0. The third-order valence-corrected chi connectivity index (χ3v) is 5.18. The molecule has 2 aliphatic heterocycles. The quantitative estimate of drug-likeness (QED) is 0.780. The summed E-state index contributed by atoms with van der Waals surface area (Å²) in [6.45, 7) is 1.78. The highest BCUT2D eigenvalue weighted by molar-refractivity contribution is 5.74. The molecule has 1 N–H and O–H groups in total. The van der Waals surface area contributed by atoms with E-state index in [1.54, 1.807) is 6.07 Å². The second-order valence-electron chi connectivity index (χ2n) is 6.19. The van der Waals surface area contributed by atoms with Crippen molar-refractivity contribution in [2.24, 2.45) is 11.8 Å². The van der Waals surface area contributed by atoms with E-state index in [1.165, 1.54) is 31.4 Å². The Morgan fingerprint density at radius 1 is 1.20 bits per heavy atom.